The zero-order valence-electron chi connectivity index (χ0n) is 10.8. The number of unbranched alkanes of at least 4 members (excludes halogenated alkanes) is 1. The molecule has 0 aliphatic carbocycles. The second kappa shape index (κ2) is 8.24. The number of carboxylic acid groups (broad SMARTS) is 1. The normalized spacial score (nSPS) is 20.4. The molecule has 0 aromatic carbocycles. The van der Waals surface area contributed by atoms with Crippen LogP contribution in [0.2, 0.25) is 0 Å². The molecule has 1 rings (SSSR count). The maximum atomic E-state index is 11.6. The Balaban J connectivity index is 2.24. The number of carboxylic acids is 1. The predicted octanol–water partition coefficient (Wildman–Crippen LogP) is 1.82. The molecule has 0 spiro atoms. The number of rotatable bonds is 7. The molecule has 0 aromatic rings. The van der Waals surface area contributed by atoms with Gasteiger partial charge in [-0.15, -0.1) is 0 Å². The quantitative estimate of drug-likeness (QED) is 0.662. The van der Waals surface area contributed by atoms with Crippen LogP contribution in [-0.2, 0) is 4.79 Å². The van der Waals surface area contributed by atoms with Crippen LogP contribution in [0.5, 0.6) is 0 Å². The van der Waals surface area contributed by atoms with Crippen LogP contribution in [0, 0.1) is 0 Å². The molecular weight excluding hydrogens is 252 g/mol. The zero-order valence-corrected chi connectivity index (χ0v) is 11.6. The second-order valence-corrected chi connectivity index (χ2v) is 5.93. The van der Waals surface area contributed by atoms with E-state index in [-0.39, 0.29) is 6.03 Å². The van der Waals surface area contributed by atoms with Crippen molar-refractivity contribution in [3.8, 4) is 0 Å². The molecular formula is C12H22N2O3S. The Morgan fingerprint density at radius 2 is 2.28 bits per heavy atom. The zero-order chi connectivity index (χ0) is 13.4. The molecule has 1 aliphatic heterocycles. The number of amides is 2. The molecule has 3 N–H and O–H groups in total. The summed E-state index contributed by atoms with van der Waals surface area (Å²) in [4.78, 5) is 22.5. The van der Waals surface area contributed by atoms with E-state index in [4.69, 9.17) is 5.11 Å². The molecule has 0 radical (unpaired) electrons. The third-order valence-electron chi connectivity index (χ3n) is 2.96. The van der Waals surface area contributed by atoms with Gasteiger partial charge < -0.3 is 15.7 Å². The Kier molecular flexibility index (Phi) is 6.93. The van der Waals surface area contributed by atoms with Crippen molar-refractivity contribution in [1.29, 1.82) is 0 Å². The van der Waals surface area contributed by atoms with Crippen LogP contribution in [0.25, 0.3) is 0 Å². The summed E-state index contributed by atoms with van der Waals surface area (Å²) in [5.41, 5.74) is 0. The standard InChI is InChI=1S/C12H22N2O3S/c1-2-3-6-10(11(15)16)14-12(17)13-8-9-5-4-7-18-9/h9-10H,2-8H2,1H3,(H,15,16)(H2,13,14,17). The van der Waals surface area contributed by atoms with Crippen LogP contribution in [0.3, 0.4) is 0 Å². The van der Waals surface area contributed by atoms with Crippen molar-refractivity contribution in [1.82, 2.24) is 10.6 Å². The van der Waals surface area contributed by atoms with E-state index in [9.17, 15) is 9.59 Å². The van der Waals surface area contributed by atoms with Gasteiger partial charge >= 0.3 is 12.0 Å². The van der Waals surface area contributed by atoms with E-state index in [2.05, 4.69) is 10.6 Å². The van der Waals surface area contributed by atoms with Crippen LogP contribution in [0.4, 0.5) is 4.79 Å². The number of carbonyl (C=O) groups excluding carboxylic acids is 1. The molecule has 2 unspecified atom stereocenters. The van der Waals surface area contributed by atoms with Gasteiger partial charge in [-0.25, -0.2) is 9.59 Å². The second-order valence-electron chi connectivity index (χ2n) is 4.52. The maximum Gasteiger partial charge on any atom is 0.326 e. The monoisotopic (exact) mass is 274 g/mol. The van der Waals surface area contributed by atoms with Gasteiger partial charge in [0.15, 0.2) is 0 Å². The predicted molar refractivity (Wildman–Crippen MR) is 73.0 cm³/mol. The molecule has 1 saturated heterocycles. The summed E-state index contributed by atoms with van der Waals surface area (Å²) < 4.78 is 0. The lowest BCUT2D eigenvalue weighted by Gasteiger charge is -2.16. The average Bonchev–Trinajstić information content (AvgIpc) is 2.84. The smallest absolute Gasteiger partial charge is 0.326 e. The Bertz CT molecular complexity index is 280. The number of urea groups is 1. The molecule has 1 fully saturated rings. The minimum Gasteiger partial charge on any atom is -0.480 e. The number of hydrogen-bond acceptors (Lipinski definition) is 3. The fourth-order valence-electron chi connectivity index (χ4n) is 1.89. The van der Waals surface area contributed by atoms with E-state index in [1.54, 1.807) is 0 Å². The third-order valence-corrected chi connectivity index (χ3v) is 4.36. The SMILES string of the molecule is CCCCC(NC(=O)NCC1CCCS1)C(=O)O. The minimum absolute atomic E-state index is 0.369. The number of aliphatic carboxylic acids is 1. The fourth-order valence-corrected chi connectivity index (χ4v) is 3.09. The van der Waals surface area contributed by atoms with E-state index >= 15 is 0 Å². The van der Waals surface area contributed by atoms with Gasteiger partial charge in [0.2, 0.25) is 0 Å². The van der Waals surface area contributed by atoms with Crippen LogP contribution < -0.4 is 10.6 Å². The molecule has 104 valence electrons. The lowest BCUT2D eigenvalue weighted by atomic mass is 10.1. The number of carbonyl (C=O) groups is 2. The lowest BCUT2D eigenvalue weighted by Crippen LogP contribution is -2.47. The highest BCUT2D eigenvalue weighted by atomic mass is 32.2. The topological polar surface area (TPSA) is 78.4 Å². The lowest BCUT2D eigenvalue weighted by molar-refractivity contribution is -0.139. The Morgan fingerprint density at radius 3 is 2.83 bits per heavy atom. The Labute approximate surface area is 112 Å². The Morgan fingerprint density at radius 1 is 1.50 bits per heavy atom. The van der Waals surface area contributed by atoms with E-state index in [1.165, 1.54) is 6.42 Å². The molecule has 1 aliphatic rings. The first kappa shape index (κ1) is 15.1. The molecule has 0 bridgehead atoms. The van der Waals surface area contributed by atoms with Gasteiger partial charge in [-0.3, -0.25) is 0 Å². The number of nitrogens with one attached hydrogen (secondary N) is 2. The average molecular weight is 274 g/mol. The highest BCUT2D eigenvalue weighted by Gasteiger charge is 2.20. The van der Waals surface area contributed by atoms with Gasteiger partial charge in [-0.05, 0) is 25.0 Å². The summed E-state index contributed by atoms with van der Waals surface area (Å²) in [5, 5.41) is 14.7. The van der Waals surface area contributed by atoms with Crippen molar-refractivity contribution in [3.05, 3.63) is 0 Å². The molecule has 0 aromatic heterocycles. The van der Waals surface area contributed by atoms with Gasteiger partial charge in [-0.1, -0.05) is 19.8 Å². The van der Waals surface area contributed by atoms with Crippen molar-refractivity contribution in [2.75, 3.05) is 12.3 Å². The van der Waals surface area contributed by atoms with Gasteiger partial charge in [0.05, 0.1) is 0 Å². The summed E-state index contributed by atoms with van der Waals surface area (Å²) in [7, 11) is 0. The van der Waals surface area contributed by atoms with Gasteiger partial charge in [0.25, 0.3) is 0 Å². The van der Waals surface area contributed by atoms with Crippen molar-refractivity contribution < 1.29 is 14.7 Å². The first-order chi connectivity index (χ1) is 8.63. The van der Waals surface area contributed by atoms with Crippen molar-refractivity contribution >= 4 is 23.8 Å². The minimum atomic E-state index is -0.964. The third kappa shape index (κ3) is 5.62. The van der Waals surface area contributed by atoms with Gasteiger partial charge in [-0.2, -0.15) is 11.8 Å². The van der Waals surface area contributed by atoms with Gasteiger partial charge in [0.1, 0.15) is 6.04 Å². The maximum absolute atomic E-state index is 11.6. The van der Waals surface area contributed by atoms with E-state index < -0.39 is 12.0 Å². The van der Waals surface area contributed by atoms with Crippen LogP contribution in [-0.4, -0.2) is 40.7 Å². The summed E-state index contributed by atoms with van der Waals surface area (Å²) >= 11 is 1.86. The number of hydrogen-bond donors (Lipinski definition) is 3. The highest BCUT2D eigenvalue weighted by molar-refractivity contribution is 8.00. The van der Waals surface area contributed by atoms with E-state index in [0.717, 1.165) is 25.0 Å². The van der Waals surface area contributed by atoms with E-state index in [1.807, 2.05) is 18.7 Å². The highest BCUT2D eigenvalue weighted by Crippen LogP contribution is 2.25. The first-order valence-corrected chi connectivity index (χ1v) is 7.57. The molecule has 2 amide bonds. The molecule has 2 atom stereocenters. The first-order valence-electron chi connectivity index (χ1n) is 6.52. The summed E-state index contributed by atoms with van der Waals surface area (Å²) in [6, 6.07) is -1.15. The Hall–Kier alpha value is -0.910. The summed E-state index contributed by atoms with van der Waals surface area (Å²) in [6.07, 6.45) is 4.54. The fraction of sp³-hybridized carbons (Fsp3) is 0.833. The van der Waals surface area contributed by atoms with Crippen molar-refractivity contribution in [2.45, 2.75) is 50.3 Å². The molecule has 6 heteroatoms. The largest absolute Gasteiger partial charge is 0.480 e. The van der Waals surface area contributed by atoms with E-state index in [0.29, 0.717) is 18.2 Å². The van der Waals surface area contributed by atoms with Crippen LogP contribution >= 0.6 is 11.8 Å². The van der Waals surface area contributed by atoms with Crippen molar-refractivity contribution in [3.63, 3.8) is 0 Å². The summed E-state index contributed by atoms with van der Waals surface area (Å²) in [5.74, 6) is 0.191. The molecule has 5 nitrogen and oxygen atoms in total. The molecule has 1 heterocycles. The van der Waals surface area contributed by atoms with Crippen molar-refractivity contribution in [2.24, 2.45) is 0 Å². The summed E-state index contributed by atoms with van der Waals surface area (Å²) in [6.45, 7) is 2.62. The van der Waals surface area contributed by atoms with Gasteiger partial charge in [0, 0.05) is 11.8 Å². The van der Waals surface area contributed by atoms with Crippen LogP contribution in [0.1, 0.15) is 39.0 Å². The number of thioether (sulfide) groups is 1. The van der Waals surface area contributed by atoms with Crippen LogP contribution in [0.15, 0.2) is 0 Å². The molecule has 0 saturated carbocycles. The molecule has 18 heavy (non-hydrogen) atoms.